The Hall–Kier alpha value is -0.810. The van der Waals surface area contributed by atoms with Crippen molar-refractivity contribution in [1.29, 1.82) is 0 Å². The lowest BCUT2D eigenvalue weighted by atomic mass is 9.86. The molecule has 112 valence electrons. The molecule has 0 bridgehead atoms. The van der Waals surface area contributed by atoms with E-state index >= 15 is 0 Å². The van der Waals surface area contributed by atoms with E-state index < -0.39 is 0 Å². The molecule has 1 atom stereocenters. The van der Waals surface area contributed by atoms with E-state index in [9.17, 15) is 0 Å². The van der Waals surface area contributed by atoms with Crippen LogP contribution in [0.3, 0.4) is 0 Å². The van der Waals surface area contributed by atoms with Gasteiger partial charge in [0, 0.05) is 18.1 Å². The number of aliphatic hydroxyl groups excluding tert-OH is 1. The highest BCUT2D eigenvalue weighted by Gasteiger charge is 2.25. The normalized spacial score (nSPS) is 22.7. The van der Waals surface area contributed by atoms with Crippen LogP contribution in [0.5, 0.6) is 0 Å². The fraction of sp³-hybridized carbons (Fsp3) is 0.929. The average Bonchev–Trinajstić information content (AvgIpc) is 2.40. The van der Waals surface area contributed by atoms with E-state index in [0.29, 0.717) is 11.9 Å². The van der Waals surface area contributed by atoms with Gasteiger partial charge in [0.15, 0.2) is 0 Å². The van der Waals surface area contributed by atoms with Crippen LogP contribution >= 0.6 is 0 Å². The third-order valence-electron chi connectivity index (χ3n) is 4.26. The summed E-state index contributed by atoms with van der Waals surface area (Å²) >= 11 is 0. The number of rotatable bonds is 7. The molecule has 1 saturated heterocycles. The summed E-state index contributed by atoms with van der Waals surface area (Å²) in [5.41, 5.74) is 5.45. The van der Waals surface area contributed by atoms with Crippen molar-refractivity contribution in [3.8, 4) is 0 Å². The Morgan fingerprint density at radius 2 is 2.16 bits per heavy atom. The lowest BCUT2D eigenvalue weighted by Crippen LogP contribution is -2.41. The molecule has 0 amide bonds. The first-order valence-electron chi connectivity index (χ1n) is 7.34. The maximum Gasteiger partial charge on any atom is 0.144 e. The van der Waals surface area contributed by atoms with E-state index in [-0.39, 0.29) is 12.0 Å². The van der Waals surface area contributed by atoms with Crippen LogP contribution in [0.25, 0.3) is 0 Å². The van der Waals surface area contributed by atoms with Crippen molar-refractivity contribution < 1.29 is 10.3 Å². The minimum Gasteiger partial charge on any atom is -0.409 e. The lowest BCUT2D eigenvalue weighted by Gasteiger charge is -2.36. The van der Waals surface area contributed by atoms with Crippen molar-refractivity contribution in [3.05, 3.63) is 0 Å². The van der Waals surface area contributed by atoms with E-state index in [2.05, 4.69) is 10.1 Å². The lowest BCUT2D eigenvalue weighted by molar-refractivity contribution is 0.115. The summed E-state index contributed by atoms with van der Waals surface area (Å²) in [7, 11) is 0. The van der Waals surface area contributed by atoms with Crippen molar-refractivity contribution >= 4 is 5.84 Å². The van der Waals surface area contributed by atoms with Gasteiger partial charge >= 0.3 is 0 Å². The zero-order valence-electron chi connectivity index (χ0n) is 12.3. The van der Waals surface area contributed by atoms with Crippen LogP contribution in [-0.4, -0.2) is 46.8 Å². The zero-order valence-corrected chi connectivity index (χ0v) is 12.3. The van der Waals surface area contributed by atoms with E-state index in [4.69, 9.17) is 16.0 Å². The second kappa shape index (κ2) is 7.70. The monoisotopic (exact) mass is 271 g/mol. The molecule has 0 saturated carbocycles. The molecule has 1 fully saturated rings. The van der Waals surface area contributed by atoms with E-state index in [1.807, 2.05) is 13.8 Å². The summed E-state index contributed by atoms with van der Waals surface area (Å²) in [6.45, 7) is 6.45. The van der Waals surface area contributed by atoms with Gasteiger partial charge in [-0.1, -0.05) is 25.4 Å². The molecular weight excluding hydrogens is 242 g/mol. The number of nitrogens with two attached hydrogens (primary N) is 1. The maximum absolute atomic E-state index is 9.11. The summed E-state index contributed by atoms with van der Waals surface area (Å²) in [4.78, 5) is 2.49. The summed E-state index contributed by atoms with van der Waals surface area (Å²) in [6.07, 6.45) is 6.55. The molecule has 0 aliphatic carbocycles. The Labute approximate surface area is 116 Å². The molecule has 5 nitrogen and oxygen atoms in total. The van der Waals surface area contributed by atoms with Crippen molar-refractivity contribution in [2.75, 3.05) is 19.7 Å². The first kappa shape index (κ1) is 16.2. The summed E-state index contributed by atoms with van der Waals surface area (Å²) in [5, 5.41) is 21.0. The Kier molecular flexibility index (Phi) is 6.58. The van der Waals surface area contributed by atoms with E-state index in [1.54, 1.807) is 0 Å². The highest BCUT2D eigenvalue weighted by atomic mass is 16.4. The molecule has 19 heavy (non-hydrogen) atoms. The SMILES string of the molecule is CC(C)(CCCN1CCCCC1CCO)C(N)=NO. The smallest absolute Gasteiger partial charge is 0.144 e. The van der Waals surface area contributed by atoms with Crippen molar-refractivity contribution in [2.45, 2.75) is 58.4 Å². The number of aliphatic hydroxyl groups is 1. The quantitative estimate of drug-likeness (QED) is 0.285. The molecule has 0 aromatic rings. The van der Waals surface area contributed by atoms with Crippen molar-refractivity contribution in [2.24, 2.45) is 16.3 Å². The molecule has 0 radical (unpaired) electrons. The Bertz CT molecular complexity index is 290. The predicted octanol–water partition coefficient (Wildman–Crippen LogP) is 1.78. The molecule has 0 spiro atoms. The van der Waals surface area contributed by atoms with Gasteiger partial charge in [-0.25, -0.2) is 0 Å². The van der Waals surface area contributed by atoms with Gasteiger partial charge in [-0.2, -0.15) is 0 Å². The molecule has 1 aliphatic rings. The van der Waals surface area contributed by atoms with Crippen LogP contribution in [0.2, 0.25) is 0 Å². The van der Waals surface area contributed by atoms with Gasteiger partial charge in [-0.15, -0.1) is 0 Å². The molecule has 1 rings (SSSR count). The standard InChI is InChI=1S/C14H29N3O2/c1-14(2,13(15)16-19)8-5-10-17-9-4-3-6-12(17)7-11-18/h12,18-19H,3-11H2,1-2H3,(H2,15,16). The van der Waals surface area contributed by atoms with Gasteiger partial charge in [0.05, 0.1) is 0 Å². The van der Waals surface area contributed by atoms with Crippen LogP contribution in [-0.2, 0) is 0 Å². The zero-order chi connectivity index (χ0) is 14.3. The summed E-state index contributed by atoms with van der Waals surface area (Å²) < 4.78 is 0. The van der Waals surface area contributed by atoms with Gasteiger partial charge in [0.2, 0.25) is 0 Å². The molecule has 1 heterocycles. The first-order chi connectivity index (χ1) is 9.01. The molecule has 0 aromatic carbocycles. The Morgan fingerprint density at radius 3 is 2.79 bits per heavy atom. The fourth-order valence-corrected chi connectivity index (χ4v) is 2.82. The Morgan fingerprint density at radius 1 is 1.42 bits per heavy atom. The van der Waals surface area contributed by atoms with E-state index in [1.165, 1.54) is 19.3 Å². The molecule has 0 aromatic heterocycles. The number of likely N-dealkylation sites (tertiary alicyclic amines) is 1. The van der Waals surface area contributed by atoms with Crippen molar-refractivity contribution in [1.82, 2.24) is 4.90 Å². The highest BCUT2D eigenvalue weighted by Crippen LogP contribution is 2.25. The molecule has 4 N–H and O–H groups in total. The predicted molar refractivity (Wildman–Crippen MR) is 77.3 cm³/mol. The fourth-order valence-electron chi connectivity index (χ4n) is 2.82. The highest BCUT2D eigenvalue weighted by molar-refractivity contribution is 5.85. The number of hydrogen-bond acceptors (Lipinski definition) is 4. The molecule has 1 aliphatic heterocycles. The third-order valence-corrected chi connectivity index (χ3v) is 4.26. The topological polar surface area (TPSA) is 82.1 Å². The van der Waals surface area contributed by atoms with Gasteiger partial charge in [-0.05, 0) is 45.2 Å². The second-order valence-electron chi connectivity index (χ2n) is 6.17. The van der Waals surface area contributed by atoms with Gasteiger partial charge < -0.3 is 20.9 Å². The number of nitrogens with zero attached hydrogens (tertiary/aromatic N) is 2. The van der Waals surface area contributed by atoms with Gasteiger partial charge in [-0.3, -0.25) is 0 Å². The van der Waals surface area contributed by atoms with Crippen LogP contribution in [0.1, 0.15) is 52.4 Å². The minimum atomic E-state index is -0.253. The van der Waals surface area contributed by atoms with Crippen molar-refractivity contribution in [3.63, 3.8) is 0 Å². The van der Waals surface area contributed by atoms with Gasteiger partial charge in [0.25, 0.3) is 0 Å². The van der Waals surface area contributed by atoms with E-state index in [0.717, 1.165) is 32.4 Å². The largest absolute Gasteiger partial charge is 0.409 e. The van der Waals surface area contributed by atoms with Crippen LogP contribution < -0.4 is 5.73 Å². The number of amidine groups is 1. The minimum absolute atomic E-state index is 0.253. The van der Waals surface area contributed by atoms with Crippen LogP contribution in [0.4, 0.5) is 0 Å². The number of hydrogen-bond donors (Lipinski definition) is 3. The third kappa shape index (κ3) is 4.99. The number of piperidine rings is 1. The van der Waals surface area contributed by atoms with Crippen LogP contribution in [0, 0.1) is 5.41 Å². The average molecular weight is 271 g/mol. The summed E-state index contributed by atoms with van der Waals surface area (Å²) in [5.74, 6) is 0.304. The first-order valence-corrected chi connectivity index (χ1v) is 7.34. The molecular formula is C14H29N3O2. The Balaban J connectivity index is 2.38. The molecule has 5 heteroatoms. The van der Waals surface area contributed by atoms with Crippen LogP contribution in [0.15, 0.2) is 5.16 Å². The number of oxime groups is 1. The van der Waals surface area contributed by atoms with Gasteiger partial charge in [0.1, 0.15) is 5.84 Å². The molecule has 1 unspecified atom stereocenters. The summed E-state index contributed by atoms with van der Waals surface area (Å²) in [6, 6.07) is 0.533. The maximum atomic E-state index is 9.11. The second-order valence-corrected chi connectivity index (χ2v) is 6.17.